The summed E-state index contributed by atoms with van der Waals surface area (Å²) < 4.78 is 30.0. The van der Waals surface area contributed by atoms with Crippen LogP contribution in [-0.2, 0) is 62.4 Å². The monoisotopic (exact) mass is 1190 g/mol. The van der Waals surface area contributed by atoms with E-state index in [0.717, 1.165) is 17.6 Å². The number of carboxylic acids is 1. The number of nitrogens with one attached hydrogen (secondary N) is 3. The fourth-order valence-electron chi connectivity index (χ4n) is 13.5. The van der Waals surface area contributed by atoms with Crippen LogP contribution in [0, 0.1) is 28.6 Å². The third-order valence-electron chi connectivity index (χ3n) is 17.6. The van der Waals surface area contributed by atoms with Crippen molar-refractivity contribution in [1.82, 2.24) is 30.7 Å². The molecule has 2 aromatic heterocycles. The van der Waals surface area contributed by atoms with Crippen molar-refractivity contribution in [2.24, 2.45) is 28.6 Å². The summed E-state index contributed by atoms with van der Waals surface area (Å²) in [6, 6.07) is 18.5. The number of thiazole rings is 1. The Balaban J connectivity index is 0.695. The number of allylic oxidation sites excluding steroid dienone is 4. The first-order chi connectivity index (χ1) is 40.8. The molecule has 2 aliphatic heterocycles. The zero-order valence-electron chi connectivity index (χ0n) is 46.0. The molecule has 5 fully saturated rings. The number of aliphatic carboxylic acids is 1. The molecule has 14 atom stereocenters. The fourth-order valence-corrected chi connectivity index (χ4v) is 14.3. The number of fused-ring (bicyclic) bond motifs is 7. The lowest BCUT2D eigenvalue weighted by molar-refractivity contribution is -0.271. The van der Waals surface area contributed by atoms with Gasteiger partial charge in [0.05, 0.1) is 29.3 Å². The molecule has 5 aromatic rings. The predicted octanol–water partition coefficient (Wildman–Crippen LogP) is 3.29. The lowest BCUT2D eigenvalue weighted by Gasteiger charge is -2.59. The van der Waals surface area contributed by atoms with E-state index >= 15 is 0 Å². The van der Waals surface area contributed by atoms with E-state index in [1.54, 1.807) is 41.8 Å². The van der Waals surface area contributed by atoms with Crippen LogP contribution in [0.25, 0.3) is 11.4 Å². The summed E-state index contributed by atoms with van der Waals surface area (Å²) in [6.45, 7) is 2.90. The van der Waals surface area contributed by atoms with Gasteiger partial charge in [0.1, 0.15) is 43.1 Å². The summed E-state index contributed by atoms with van der Waals surface area (Å²) in [4.78, 5) is 82.0. The Bertz CT molecular complexity index is 3440. The molecule has 26 heteroatoms. The molecule has 3 aromatic carbocycles. The lowest BCUT2D eigenvalue weighted by Crippen LogP contribution is -2.63. The van der Waals surface area contributed by atoms with Gasteiger partial charge in [-0.25, -0.2) is 14.6 Å². The molecule has 6 aliphatic rings. The van der Waals surface area contributed by atoms with Gasteiger partial charge < -0.3 is 65.0 Å². The van der Waals surface area contributed by atoms with E-state index in [4.69, 9.17) is 23.7 Å². The molecule has 0 radical (unpaired) electrons. The van der Waals surface area contributed by atoms with Crippen molar-refractivity contribution < 1.29 is 83.1 Å². The highest BCUT2D eigenvalue weighted by Gasteiger charge is 2.76. The first-order valence-electron chi connectivity index (χ1n) is 27.7. The van der Waals surface area contributed by atoms with E-state index in [0.29, 0.717) is 52.3 Å². The van der Waals surface area contributed by atoms with Crippen molar-refractivity contribution in [2.75, 3.05) is 23.8 Å². The van der Waals surface area contributed by atoms with Gasteiger partial charge in [0.25, 0.3) is 0 Å². The third-order valence-corrected chi connectivity index (χ3v) is 18.4. The molecule has 4 aliphatic carbocycles. The quantitative estimate of drug-likeness (QED) is 0.0608. The average Bonchev–Trinajstić information content (AvgIpc) is 1.76. The van der Waals surface area contributed by atoms with E-state index < -0.39 is 96.0 Å². The SMILES string of the molecule is C[C@]12C=CC(=O)C=C1CC[C@@H]1[C@@H]2[C@@H](O)C[C@@]2(C)[C@H]1C[C@H]1O[C@@H](c3ccc(Cc4nc(NC(=O)OCc5ccc(O[C@@H]6O[C@H](C(=O)O)[C@@H](O)[C@H](O)[C@H]6O)c(NC(=O)CCNC(=O)Cc6ccc(-c7nncnn7)cc6)c5)cs4)cc3)O[C@]12C(=O)CO. The van der Waals surface area contributed by atoms with Crippen molar-refractivity contribution in [2.45, 2.75) is 120 Å². The maximum Gasteiger partial charge on any atom is 0.413 e. The first kappa shape index (κ1) is 59.0. The van der Waals surface area contributed by atoms with Crippen LogP contribution in [0.3, 0.4) is 0 Å². The van der Waals surface area contributed by atoms with Gasteiger partial charge in [0.15, 0.2) is 35.9 Å². The summed E-state index contributed by atoms with van der Waals surface area (Å²) in [5, 5.41) is 88.8. The summed E-state index contributed by atoms with van der Waals surface area (Å²) in [6.07, 6.45) is -4.14. The van der Waals surface area contributed by atoms with Crippen LogP contribution in [0.1, 0.15) is 79.5 Å². The molecule has 0 unspecified atom stereocenters. The van der Waals surface area contributed by atoms with Crippen molar-refractivity contribution in [3.8, 4) is 17.1 Å². The standard InChI is InChI=1S/C59H62N8O17S/c1-57-17-15-35(69)22-34(57)12-13-36-37-23-42-59(41(71)25-68,58(37,2)24-39(70)47(36)57)84-54(82-42)33-10-5-30(6-11-33)21-46-64-43(27-85-46)65-56(79)80-26-31-7-14-40(81-55-50(76)48(74)49(75)51(83-55)53(77)78)38(19-31)63-44(72)16-18-60-45(73)20-29-3-8-32(9-4-29)52-66-61-28-62-67-52/h3-11,14-15,17,19,22,27-28,36-37,39,42,47-51,54-55,68,70,74-76H,12-13,16,18,20-21,23-26H2,1-2H3,(H,60,73)(H,63,72)(H,65,79)(H,77,78)/t36-,37-,39-,42+,47+,48-,49-,50+,51-,54+,55+,57-,58-,59+/m0/s1. The molecule has 4 heterocycles. The number of rotatable bonds is 18. The topological polar surface area (TPSA) is 370 Å². The minimum atomic E-state index is -1.99. The van der Waals surface area contributed by atoms with Crippen molar-refractivity contribution in [3.63, 3.8) is 0 Å². The van der Waals surface area contributed by atoms with Crippen LogP contribution in [0.2, 0.25) is 0 Å². The number of ketones is 2. The summed E-state index contributed by atoms with van der Waals surface area (Å²) in [5.74, 6) is -2.98. The number of aliphatic hydroxyl groups is 5. The molecule has 3 amide bonds. The maximum atomic E-state index is 14.0. The molecule has 3 saturated carbocycles. The number of hydrogen-bond donors (Lipinski definition) is 9. The second-order valence-corrected chi connectivity index (χ2v) is 23.6. The molecule has 2 saturated heterocycles. The Labute approximate surface area is 489 Å². The number of carbonyl (C=O) groups is 6. The molecule has 11 rings (SSSR count). The number of carboxylic acid groups (broad SMARTS) is 1. The second kappa shape index (κ2) is 23.9. The van der Waals surface area contributed by atoms with Crippen LogP contribution >= 0.6 is 11.3 Å². The van der Waals surface area contributed by atoms with Gasteiger partial charge in [-0.1, -0.05) is 80.1 Å². The largest absolute Gasteiger partial charge is 0.479 e. The molecule has 0 bridgehead atoms. The van der Waals surface area contributed by atoms with Gasteiger partial charge in [-0.3, -0.25) is 24.5 Å². The number of Topliss-reactive ketones (excluding diaryl/α,β-unsaturated/α-hetero) is 1. The molecule has 85 heavy (non-hydrogen) atoms. The molecule has 446 valence electrons. The first-order valence-corrected chi connectivity index (χ1v) is 28.6. The number of amides is 3. The van der Waals surface area contributed by atoms with Crippen molar-refractivity contribution in [3.05, 3.63) is 130 Å². The molecule has 9 N–H and O–H groups in total. The van der Waals surface area contributed by atoms with Gasteiger partial charge >= 0.3 is 12.1 Å². The van der Waals surface area contributed by atoms with Crippen molar-refractivity contribution in [1.29, 1.82) is 0 Å². The zero-order chi connectivity index (χ0) is 60.0. The van der Waals surface area contributed by atoms with E-state index in [-0.39, 0.29) is 79.1 Å². The third kappa shape index (κ3) is 11.5. The van der Waals surface area contributed by atoms with Gasteiger partial charge in [0.2, 0.25) is 23.9 Å². The van der Waals surface area contributed by atoms with Crippen molar-refractivity contribution >= 4 is 58.3 Å². The van der Waals surface area contributed by atoms with E-state index in [1.807, 2.05) is 37.3 Å². The Morgan fingerprint density at radius 2 is 1.61 bits per heavy atom. The normalized spacial score (nSPS) is 30.8. The van der Waals surface area contributed by atoms with Gasteiger partial charge in [-0.2, -0.15) is 0 Å². The van der Waals surface area contributed by atoms with Gasteiger partial charge in [-0.15, -0.1) is 31.7 Å². The minimum absolute atomic E-state index is 0.00209. The Hall–Kier alpha value is -7.79. The van der Waals surface area contributed by atoms with Crippen LogP contribution in [0.15, 0.2) is 102 Å². The number of nitrogens with zero attached hydrogens (tertiary/aromatic N) is 5. The number of hydrogen-bond acceptors (Lipinski definition) is 22. The predicted molar refractivity (Wildman–Crippen MR) is 296 cm³/mol. The summed E-state index contributed by atoms with van der Waals surface area (Å²) in [7, 11) is 0. The molecule has 25 nitrogen and oxygen atoms in total. The van der Waals surface area contributed by atoms with Gasteiger partial charge in [0, 0.05) is 52.6 Å². The van der Waals surface area contributed by atoms with E-state index in [1.165, 1.54) is 35.9 Å². The maximum absolute atomic E-state index is 14.0. The number of anilines is 2. The number of ether oxygens (including phenoxy) is 5. The smallest absolute Gasteiger partial charge is 0.413 e. The van der Waals surface area contributed by atoms with Crippen LogP contribution in [-0.4, -0.2) is 153 Å². The number of aliphatic hydroxyl groups excluding tert-OH is 5. The lowest BCUT2D eigenvalue weighted by atomic mass is 9.46. The average molecular weight is 1190 g/mol. The van der Waals surface area contributed by atoms with Crippen LogP contribution in [0.5, 0.6) is 5.75 Å². The molecular weight excluding hydrogens is 1120 g/mol. The summed E-state index contributed by atoms with van der Waals surface area (Å²) >= 11 is 1.29. The highest BCUT2D eigenvalue weighted by Crippen LogP contribution is 2.70. The van der Waals surface area contributed by atoms with Crippen LogP contribution in [0.4, 0.5) is 16.3 Å². The molecule has 0 spiro atoms. The highest BCUT2D eigenvalue weighted by molar-refractivity contribution is 7.10. The fraction of sp³-hybridized carbons (Fsp3) is 0.441. The molecular formula is C59H62N8O17S. The Morgan fingerprint density at radius 3 is 2.35 bits per heavy atom. The van der Waals surface area contributed by atoms with E-state index in [2.05, 4.69) is 48.3 Å². The highest BCUT2D eigenvalue weighted by atomic mass is 32.1. The van der Waals surface area contributed by atoms with E-state index in [9.17, 15) is 59.4 Å². The minimum Gasteiger partial charge on any atom is -0.479 e. The Morgan fingerprint density at radius 1 is 0.871 bits per heavy atom. The van der Waals surface area contributed by atoms with Crippen LogP contribution < -0.4 is 20.7 Å². The number of carbonyl (C=O) groups excluding carboxylic acids is 5. The Kier molecular flexibility index (Phi) is 16.6. The second-order valence-electron chi connectivity index (χ2n) is 22.7. The number of benzene rings is 3. The number of aromatic nitrogens is 5. The van der Waals surface area contributed by atoms with Gasteiger partial charge in [-0.05, 0) is 78.5 Å². The summed E-state index contributed by atoms with van der Waals surface area (Å²) in [5.41, 5.74) is 1.32. The zero-order valence-corrected chi connectivity index (χ0v) is 46.8.